The summed E-state index contributed by atoms with van der Waals surface area (Å²) in [7, 11) is 1.91. The van der Waals surface area contributed by atoms with Gasteiger partial charge in [-0.15, -0.1) is 12.4 Å². The van der Waals surface area contributed by atoms with Crippen LogP contribution in [-0.2, 0) is 13.6 Å². The van der Waals surface area contributed by atoms with Gasteiger partial charge in [-0.3, -0.25) is 9.36 Å². The second-order valence-corrected chi connectivity index (χ2v) is 4.12. The maximum Gasteiger partial charge on any atom is 0.0729 e. The molecule has 1 N–H and O–H groups in total. The van der Waals surface area contributed by atoms with E-state index >= 15 is 0 Å². The molecule has 0 aliphatic heterocycles. The lowest BCUT2D eigenvalue weighted by molar-refractivity contribution is 0.512. The lowest BCUT2D eigenvalue weighted by Crippen LogP contribution is -2.10. The van der Waals surface area contributed by atoms with E-state index in [0.29, 0.717) is 6.04 Å². The van der Waals surface area contributed by atoms with E-state index in [-0.39, 0.29) is 12.4 Å². The van der Waals surface area contributed by atoms with Crippen LogP contribution < -0.4 is 5.32 Å². The van der Waals surface area contributed by atoms with Crippen molar-refractivity contribution >= 4 is 18.1 Å². The van der Waals surface area contributed by atoms with E-state index < -0.39 is 0 Å². The Morgan fingerprint density at radius 2 is 2.12 bits per heavy atom. The number of aryl methyl sites for hydroxylation is 1. The average Bonchev–Trinajstić information content (AvgIpc) is 2.83. The second-order valence-electron chi connectivity index (χ2n) is 4.12. The molecule has 6 heteroatoms. The van der Waals surface area contributed by atoms with Gasteiger partial charge in [-0.1, -0.05) is 0 Å². The van der Waals surface area contributed by atoms with Gasteiger partial charge in [0.15, 0.2) is 0 Å². The molecular formula is C11H18ClN5. The first-order chi connectivity index (χ1) is 7.66. The minimum absolute atomic E-state index is 0. The second kappa shape index (κ2) is 5.72. The molecule has 17 heavy (non-hydrogen) atoms. The molecule has 0 saturated heterocycles. The van der Waals surface area contributed by atoms with E-state index in [9.17, 15) is 0 Å². The number of aromatic nitrogens is 4. The highest BCUT2D eigenvalue weighted by atomic mass is 35.5. The zero-order valence-electron chi connectivity index (χ0n) is 10.3. The number of nitrogens with one attached hydrogen (secondary N) is 1. The highest BCUT2D eigenvalue weighted by Gasteiger charge is 2.05. The Labute approximate surface area is 107 Å². The summed E-state index contributed by atoms with van der Waals surface area (Å²) >= 11 is 0. The van der Waals surface area contributed by atoms with Crippen LogP contribution in [0.2, 0.25) is 0 Å². The number of hydrogen-bond acceptors (Lipinski definition) is 3. The number of nitrogens with zero attached hydrogens (tertiary/aromatic N) is 4. The molecule has 0 spiro atoms. The van der Waals surface area contributed by atoms with Crippen molar-refractivity contribution in [3.05, 3.63) is 30.4 Å². The van der Waals surface area contributed by atoms with Gasteiger partial charge in [0, 0.05) is 25.5 Å². The largest absolute Gasteiger partial charge is 0.377 e. The molecule has 0 fully saturated rings. The summed E-state index contributed by atoms with van der Waals surface area (Å²) in [6.07, 6.45) is 5.60. The fourth-order valence-corrected chi connectivity index (χ4v) is 1.65. The van der Waals surface area contributed by atoms with Gasteiger partial charge in [-0.05, 0) is 19.9 Å². The molecule has 2 heterocycles. The van der Waals surface area contributed by atoms with Crippen molar-refractivity contribution in [2.45, 2.75) is 26.4 Å². The molecular weight excluding hydrogens is 238 g/mol. The van der Waals surface area contributed by atoms with E-state index in [1.807, 2.05) is 36.4 Å². The zero-order valence-corrected chi connectivity index (χ0v) is 11.1. The van der Waals surface area contributed by atoms with Crippen molar-refractivity contribution in [2.24, 2.45) is 7.05 Å². The Hall–Kier alpha value is -1.49. The maximum absolute atomic E-state index is 4.29. The molecule has 0 saturated carbocycles. The molecule has 2 aromatic heterocycles. The normalized spacial score (nSPS) is 10.4. The fraction of sp³-hybridized carbons (Fsp3) is 0.455. The Morgan fingerprint density at radius 1 is 1.35 bits per heavy atom. The quantitative estimate of drug-likeness (QED) is 0.912. The summed E-state index contributed by atoms with van der Waals surface area (Å²) in [5.74, 6) is 0. The molecule has 5 nitrogen and oxygen atoms in total. The van der Waals surface area contributed by atoms with Crippen molar-refractivity contribution in [3.63, 3.8) is 0 Å². The Morgan fingerprint density at radius 3 is 2.71 bits per heavy atom. The van der Waals surface area contributed by atoms with Crippen molar-refractivity contribution in [1.82, 2.24) is 19.6 Å². The van der Waals surface area contributed by atoms with Crippen LogP contribution in [0.1, 0.15) is 25.6 Å². The third kappa shape index (κ3) is 3.23. The van der Waals surface area contributed by atoms with E-state index in [4.69, 9.17) is 0 Å². The number of rotatable bonds is 4. The zero-order chi connectivity index (χ0) is 11.5. The van der Waals surface area contributed by atoms with E-state index in [2.05, 4.69) is 29.4 Å². The molecule has 0 aliphatic rings. The van der Waals surface area contributed by atoms with Gasteiger partial charge in [0.25, 0.3) is 0 Å². The van der Waals surface area contributed by atoms with Crippen molar-refractivity contribution < 1.29 is 0 Å². The summed E-state index contributed by atoms with van der Waals surface area (Å²) < 4.78 is 3.80. The highest BCUT2D eigenvalue weighted by molar-refractivity contribution is 5.85. The van der Waals surface area contributed by atoms with Crippen LogP contribution in [-0.4, -0.2) is 19.6 Å². The molecule has 0 aliphatic carbocycles. The summed E-state index contributed by atoms with van der Waals surface area (Å²) in [6.45, 7) is 5.02. The van der Waals surface area contributed by atoms with Crippen LogP contribution in [0.5, 0.6) is 0 Å². The van der Waals surface area contributed by atoms with Gasteiger partial charge < -0.3 is 5.32 Å². The maximum atomic E-state index is 4.29. The fourth-order valence-electron chi connectivity index (χ4n) is 1.65. The monoisotopic (exact) mass is 255 g/mol. The molecule has 0 radical (unpaired) electrons. The average molecular weight is 256 g/mol. The Balaban J connectivity index is 0.00000144. The minimum Gasteiger partial charge on any atom is -0.377 e. The summed E-state index contributed by atoms with van der Waals surface area (Å²) in [5, 5.41) is 11.7. The topological polar surface area (TPSA) is 47.7 Å². The van der Waals surface area contributed by atoms with E-state index in [1.165, 1.54) is 5.69 Å². The first kappa shape index (κ1) is 13.6. The smallest absolute Gasteiger partial charge is 0.0729 e. The number of halogens is 1. The molecule has 0 bridgehead atoms. The SMILES string of the molecule is CC(C)n1nccc1CNc1cnn(C)c1.Cl. The van der Waals surface area contributed by atoms with Crippen LogP contribution in [0.25, 0.3) is 0 Å². The first-order valence-electron chi connectivity index (χ1n) is 5.41. The van der Waals surface area contributed by atoms with E-state index in [0.717, 1.165) is 12.2 Å². The van der Waals surface area contributed by atoms with Crippen molar-refractivity contribution in [1.29, 1.82) is 0 Å². The van der Waals surface area contributed by atoms with Gasteiger partial charge in [0.2, 0.25) is 0 Å². The van der Waals surface area contributed by atoms with Gasteiger partial charge in [0.05, 0.1) is 24.1 Å². The van der Waals surface area contributed by atoms with Crippen LogP contribution in [0, 0.1) is 0 Å². The molecule has 2 rings (SSSR count). The van der Waals surface area contributed by atoms with Gasteiger partial charge in [0.1, 0.15) is 0 Å². The van der Waals surface area contributed by atoms with Crippen LogP contribution in [0.15, 0.2) is 24.7 Å². The summed E-state index contributed by atoms with van der Waals surface area (Å²) in [4.78, 5) is 0. The standard InChI is InChI=1S/C11H17N5.ClH/c1-9(2)16-11(4-5-13-16)7-12-10-6-14-15(3)8-10;/h4-6,8-9,12H,7H2,1-3H3;1H. The number of hydrogen-bond donors (Lipinski definition) is 1. The summed E-state index contributed by atoms with van der Waals surface area (Å²) in [5.41, 5.74) is 2.21. The molecule has 0 unspecified atom stereocenters. The van der Waals surface area contributed by atoms with Gasteiger partial charge in [-0.2, -0.15) is 10.2 Å². The Bertz CT molecular complexity index is 460. The van der Waals surface area contributed by atoms with Gasteiger partial charge >= 0.3 is 0 Å². The third-order valence-corrected chi connectivity index (χ3v) is 2.42. The van der Waals surface area contributed by atoms with Crippen molar-refractivity contribution in [3.8, 4) is 0 Å². The van der Waals surface area contributed by atoms with Crippen LogP contribution in [0.4, 0.5) is 5.69 Å². The lowest BCUT2D eigenvalue weighted by atomic mass is 10.3. The van der Waals surface area contributed by atoms with Gasteiger partial charge in [-0.25, -0.2) is 0 Å². The molecule has 94 valence electrons. The van der Waals surface area contributed by atoms with Crippen LogP contribution >= 0.6 is 12.4 Å². The third-order valence-electron chi connectivity index (χ3n) is 2.42. The Kier molecular flexibility index (Phi) is 4.57. The van der Waals surface area contributed by atoms with Crippen molar-refractivity contribution in [2.75, 3.05) is 5.32 Å². The summed E-state index contributed by atoms with van der Waals surface area (Å²) in [6, 6.07) is 2.42. The predicted molar refractivity (Wildman–Crippen MR) is 70.4 cm³/mol. The molecule has 2 aromatic rings. The molecule has 0 aromatic carbocycles. The first-order valence-corrected chi connectivity index (χ1v) is 5.41. The van der Waals surface area contributed by atoms with E-state index in [1.54, 1.807) is 4.68 Å². The highest BCUT2D eigenvalue weighted by Crippen LogP contribution is 2.10. The van der Waals surface area contributed by atoms with Crippen LogP contribution in [0.3, 0.4) is 0 Å². The lowest BCUT2D eigenvalue weighted by Gasteiger charge is -2.11. The predicted octanol–water partition coefficient (Wildman–Crippen LogP) is 2.23. The molecule has 0 atom stereocenters. The minimum atomic E-state index is 0. The molecule has 0 amide bonds. The number of anilines is 1.